The third-order valence-electron chi connectivity index (χ3n) is 2.88. The number of hydrogen-bond donors (Lipinski definition) is 1. The van der Waals surface area contributed by atoms with E-state index in [2.05, 4.69) is 56.9 Å². The van der Waals surface area contributed by atoms with Crippen molar-refractivity contribution in [2.45, 2.75) is 39.2 Å². The molecular weight excluding hydrogens is 222 g/mol. The van der Waals surface area contributed by atoms with Gasteiger partial charge in [-0.1, -0.05) is 51.6 Å². The topological polar surface area (TPSA) is 21.3 Å². The van der Waals surface area contributed by atoms with Crippen LogP contribution >= 0.6 is 0 Å². The van der Waals surface area contributed by atoms with Crippen LogP contribution in [-0.4, -0.2) is 13.2 Å². The van der Waals surface area contributed by atoms with Gasteiger partial charge in [0, 0.05) is 6.54 Å². The minimum absolute atomic E-state index is 0.230. The zero-order valence-electron chi connectivity index (χ0n) is 11.8. The molecule has 2 heteroatoms. The summed E-state index contributed by atoms with van der Waals surface area (Å²) < 4.78 is 5.06. The molecule has 0 saturated heterocycles. The van der Waals surface area contributed by atoms with Gasteiger partial charge in [-0.3, -0.25) is 0 Å². The molecule has 0 aromatic heterocycles. The summed E-state index contributed by atoms with van der Waals surface area (Å²) in [5.74, 6) is 0. The van der Waals surface area contributed by atoms with E-state index in [-0.39, 0.29) is 5.41 Å². The molecule has 0 unspecified atom stereocenters. The van der Waals surface area contributed by atoms with Gasteiger partial charge < -0.3 is 10.1 Å². The summed E-state index contributed by atoms with van der Waals surface area (Å²) in [4.78, 5) is 0. The molecule has 0 fully saturated rings. The van der Waals surface area contributed by atoms with Crippen LogP contribution in [0, 0.1) is 0 Å². The van der Waals surface area contributed by atoms with E-state index in [1.165, 1.54) is 17.4 Å². The predicted molar refractivity (Wildman–Crippen MR) is 77.6 cm³/mol. The van der Waals surface area contributed by atoms with Crippen LogP contribution in [0.1, 0.15) is 38.3 Å². The van der Waals surface area contributed by atoms with Crippen molar-refractivity contribution in [3.8, 4) is 0 Å². The molecule has 0 atom stereocenters. The highest BCUT2D eigenvalue weighted by Crippen LogP contribution is 2.22. The van der Waals surface area contributed by atoms with Gasteiger partial charge in [-0.25, -0.2) is 0 Å². The number of ether oxygens (including phenoxy) is 1. The van der Waals surface area contributed by atoms with Gasteiger partial charge in [0.1, 0.15) is 0 Å². The second-order valence-electron chi connectivity index (χ2n) is 5.51. The summed E-state index contributed by atoms with van der Waals surface area (Å²) in [7, 11) is 0. The van der Waals surface area contributed by atoms with E-state index in [4.69, 9.17) is 4.74 Å². The van der Waals surface area contributed by atoms with Crippen molar-refractivity contribution < 1.29 is 4.74 Å². The number of rotatable bonds is 7. The van der Waals surface area contributed by atoms with E-state index in [1.807, 2.05) is 0 Å². The minimum atomic E-state index is 0.230. The van der Waals surface area contributed by atoms with Gasteiger partial charge in [0.2, 0.25) is 0 Å². The largest absolute Gasteiger partial charge is 0.502 e. The summed E-state index contributed by atoms with van der Waals surface area (Å²) in [6.45, 7) is 12.8. The molecule has 1 aromatic rings. The Labute approximate surface area is 111 Å². The summed E-state index contributed by atoms with van der Waals surface area (Å²) in [5, 5.41) is 3.40. The zero-order valence-corrected chi connectivity index (χ0v) is 11.8. The molecule has 1 N–H and O–H groups in total. The summed E-state index contributed by atoms with van der Waals surface area (Å²) in [6.07, 6.45) is 2.50. The first-order valence-electron chi connectivity index (χ1n) is 6.56. The number of hydrogen-bond acceptors (Lipinski definition) is 2. The van der Waals surface area contributed by atoms with E-state index >= 15 is 0 Å². The van der Waals surface area contributed by atoms with Gasteiger partial charge >= 0.3 is 0 Å². The number of nitrogens with one attached hydrogen (secondary N) is 1. The standard InChI is InChI=1S/C16H25NO/c1-5-18-12-6-11-17-13-14-7-9-15(10-8-14)16(2,3)4/h5,7-10,17H,1,6,11-13H2,2-4H3. The summed E-state index contributed by atoms with van der Waals surface area (Å²) in [6, 6.07) is 8.84. The summed E-state index contributed by atoms with van der Waals surface area (Å²) >= 11 is 0. The lowest BCUT2D eigenvalue weighted by atomic mass is 9.87. The predicted octanol–water partition coefficient (Wildman–Crippen LogP) is 3.62. The average Bonchev–Trinajstić information content (AvgIpc) is 2.33. The fourth-order valence-corrected chi connectivity index (χ4v) is 1.72. The van der Waals surface area contributed by atoms with Crippen LogP contribution in [0.15, 0.2) is 37.1 Å². The van der Waals surface area contributed by atoms with Gasteiger partial charge in [-0.15, -0.1) is 0 Å². The molecule has 0 amide bonds. The quantitative estimate of drug-likeness (QED) is 0.587. The molecule has 0 spiro atoms. The van der Waals surface area contributed by atoms with Gasteiger partial charge in [0.25, 0.3) is 0 Å². The highest BCUT2D eigenvalue weighted by atomic mass is 16.5. The Bertz CT molecular complexity index is 348. The maximum atomic E-state index is 5.06. The van der Waals surface area contributed by atoms with Gasteiger partial charge in [-0.05, 0) is 29.5 Å². The van der Waals surface area contributed by atoms with Gasteiger partial charge in [0.15, 0.2) is 0 Å². The van der Waals surface area contributed by atoms with Gasteiger partial charge in [0.05, 0.1) is 12.9 Å². The van der Waals surface area contributed by atoms with E-state index < -0.39 is 0 Å². The molecule has 0 saturated carbocycles. The Hall–Kier alpha value is -1.28. The second-order valence-corrected chi connectivity index (χ2v) is 5.51. The van der Waals surface area contributed by atoms with Crippen molar-refractivity contribution in [2.24, 2.45) is 0 Å². The first-order valence-corrected chi connectivity index (χ1v) is 6.56. The molecule has 0 aliphatic heterocycles. The molecule has 0 aliphatic rings. The van der Waals surface area contributed by atoms with Crippen molar-refractivity contribution in [1.29, 1.82) is 0 Å². The highest BCUT2D eigenvalue weighted by molar-refractivity contribution is 5.27. The molecule has 0 heterocycles. The normalized spacial score (nSPS) is 11.3. The first kappa shape index (κ1) is 14.8. The average molecular weight is 247 g/mol. The molecule has 100 valence electrons. The van der Waals surface area contributed by atoms with Gasteiger partial charge in [-0.2, -0.15) is 0 Å². The van der Waals surface area contributed by atoms with Crippen LogP contribution in [0.4, 0.5) is 0 Å². The minimum Gasteiger partial charge on any atom is -0.502 e. The number of benzene rings is 1. The molecule has 18 heavy (non-hydrogen) atoms. The Morgan fingerprint density at radius 1 is 1.22 bits per heavy atom. The summed E-state index contributed by atoms with van der Waals surface area (Å²) in [5.41, 5.74) is 2.94. The Morgan fingerprint density at radius 3 is 2.44 bits per heavy atom. The van der Waals surface area contributed by atoms with Crippen LogP contribution < -0.4 is 5.32 Å². The SMILES string of the molecule is C=COCCCNCc1ccc(C(C)(C)C)cc1. The second kappa shape index (κ2) is 7.22. The fourth-order valence-electron chi connectivity index (χ4n) is 1.72. The fraction of sp³-hybridized carbons (Fsp3) is 0.500. The van der Waals surface area contributed by atoms with Crippen molar-refractivity contribution in [2.75, 3.05) is 13.2 Å². The molecule has 0 bridgehead atoms. The van der Waals surface area contributed by atoms with E-state index in [0.717, 1.165) is 26.1 Å². The Kier molecular flexibility index (Phi) is 5.93. The smallest absolute Gasteiger partial charge is 0.0885 e. The van der Waals surface area contributed by atoms with Crippen molar-refractivity contribution >= 4 is 0 Å². The van der Waals surface area contributed by atoms with Crippen LogP contribution in [0.3, 0.4) is 0 Å². The molecule has 1 rings (SSSR count). The lowest BCUT2D eigenvalue weighted by molar-refractivity contribution is 0.244. The lowest BCUT2D eigenvalue weighted by Crippen LogP contribution is -2.16. The third kappa shape index (κ3) is 5.37. The lowest BCUT2D eigenvalue weighted by Gasteiger charge is -2.19. The first-order chi connectivity index (χ1) is 8.54. The van der Waals surface area contributed by atoms with Crippen molar-refractivity contribution in [3.05, 3.63) is 48.2 Å². The van der Waals surface area contributed by atoms with Crippen LogP contribution in [0.25, 0.3) is 0 Å². The van der Waals surface area contributed by atoms with Crippen molar-refractivity contribution in [3.63, 3.8) is 0 Å². The molecule has 0 radical (unpaired) electrons. The molecule has 2 nitrogen and oxygen atoms in total. The maximum Gasteiger partial charge on any atom is 0.0885 e. The maximum absolute atomic E-state index is 5.06. The molecular formula is C16H25NO. The molecule has 1 aromatic carbocycles. The third-order valence-corrected chi connectivity index (χ3v) is 2.88. The molecule has 0 aliphatic carbocycles. The van der Waals surface area contributed by atoms with Crippen LogP contribution in [0.2, 0.25) is 0 Å². The monoisotopic (exact) mass is 247 g/mol. The van der Waals surface area contributed by atoms with E-state index in [9.17, 15) is 0 Å². The van der Waals surface area contributed by atoms with Crippen molar-refractivity contribution in [1.82, 2.24) is 5.32 Å². The van der Waals surface area contributed by atoms with Crippen LogP contribution in [-0.2, 0) is 16.7 Å². The van der Waals surface area contributed by atoms with E-state index in [0.29, 0.717) is 0 Å². The highest BCUT2D eigenvalue weighted by Gasteiger charge is 2.12. The van der Waals surface area contributed by atoms with E-state index in [1.54, 1.807) is 0 Å². The Balaban J connectivity index is 2.29. The zero-order chi connectivity index (χ0) is 13.4. The Morgan fingerprint density at radius 2 is 1.89 bits per heavy atom. The van der Waals surface area contributed by atoms with Crippen LogP contribution in [0.5, 0.6) is 0 Å².